The number of rotatable bonds is 4. The van der Waals surface area contributed by atoms with Crippen molar-refractivity contribution in [3.8, 4) is 5.75 Å². The van der Waals surface area contributed by atoms with Gasteiger partial charge in [0, 0.05) is 26.1 Å². The molecule has 5 rings (SSSR count). The largest absolute Gasteiger partial charge is 0.490 e. The van der Waals surface area contributed by atoms with Crippen molar-refractivity contribution in [2.45, 2.75) is 39.9 Å². The van der Waals surface area contributed by atoms with Crippen LogP contribution >= 0.6 is 0 Å². The predicted octanol–water partition coefficient (Wildman–Crippen LogP) is 2.84. The number of amides is 1. The van der Waals surface area contributed by atoms with Gasteiger partial charge in [-0.3, -0.25) is 19.1 Å². The number of aryl methyl sites for hydroxylation is 2. The Balaban J connectivity index is 1.39. The maximum absolute atomic E-state index is 13.5. The zero-order chi connectivity index (χ0) is 22.9. The molecular formula is C26H28N4O3. The van der Waals surface area contributed by atoms with E-state index in [1.807, 2.05) is 50.2 Å². The highest BCUT2D eigenvalue weighted by molar-refractivity contribution is 5.95. The summed E-state index contributed by atoms with van der Waals surface area (Å²) in [5.74, 6) is 1.15. The van der Waals surface area contributed by atoms with E-state index in [-0.39, 0.29) is 18.0 Å². The van der Waals surface area contributed by atoms with Crippen LogP contribution in [0.4, 0.5) is 5.69 Å². The summed E-state index contributed by atoms with van der Waals surface area (Å²) in [6.07, 6.45) is 0.739. The maximum atomic E-state index is 13.5. The molecule has 0 bridgehead atoms. The molecule has 0 aliphatic carbocycles. The molecule has 0 saturated carbocycles. The molecule has 0 radical (unpaired) electrons. The molecule has 2 aromatic carbocycles. The maximum Gasteiger partial charge on any atom is 0.258 e. The van der Waals surface area contributed by atoms with E-state index in [1.54, 1.807) is 4.90 Å². The van der Waals surface area contributed by atoms with Crippen molar-refractivity contribution in [2.24, 2.45) is 0 Å². The summed E-state index contributed by atoms with van der Waals surface area (Å²) in [7, 11) is 0. The van der Waals surface area contributed by atoms with E-state index in [1.165, 1.54) is 10.1 Å². The molecule has 1 amide bonds. The van der Waals surface area contributed by atoms with Crippen molar-refractivity contribution in [3.63, 3.8) is 0 Å². The first-order valence-electron chi connectivity index (χ1n) is 11.4. The zero-order valence-electron chi connectivity index (χ0n) is 19.1. The number of benzene rings is 2. The summed E-state index contributed by atoms with van der Waals surface area (Å²) < 4.78 is 7.24. The van der Waals surface area contributed by atoms with E-state index in [0.29, 0.717) is 36.8 Å². The second-order valence-corrected chi connectivity index (χ2v) is 8.79. The van der Waals surface area contributed by atoms with E-state index >= 15 is 0 Å². The number of hydrogen-bond acceptors (Lipinski definition) is 5. The summed E-state index contributed by atoms with van der Waals surface area (Å²) in [6.45, 7) is 6.86. The van der Waals surface area contributed by atoms with Gasteiger partial charge in [-0.15, -0.1) is 0 Å². The number of carbonyl (C=O) groups excluding carboxylic acids is 1. The third-order valence-electron chi connectivity index (χ3n) is 6.41. The Kier molecular flexibility index (Phi) is 5.72. The van der Waals surface area contributed by atoms with Crippen LogP contribution in [0.15, 0.2) is 53.3 Å². The van der Waals surface area contributed by atoms with E-state index in [0.717, 1.165) is 36.5 Å². The minimum Gasteiger partial charge on any atom is -0.490 e. The number of hydrogen-bond donors (Lipinski definition) is 0. The van der Waals surface area contributed by atoms with Crippen LogP contribution in [0, 0.1) is 13.8 Å². The fourth-order valence-corrected chi connectivity index (χ4v) is 4.66. The summed E-state index contributed by atoms with van der Waals surface area (Å²) >= 11 is 0. The number of aromatic nitrogens is 2. The van der Waals surface area contributed by atoms with Crippen molar-refractivity contribution in [1.82, 2.24) is 14.5 Å². The molecular weight excluding hydrogens is 416 g/mol. The third-order valence-corrected chi connectivity index (χ3v) is 6.41. The molecule has 33 heavy (non-hydrogen) atoms. The highest BCUT2D eigenvalue weighted by Gasteiger charge is 2.27. The minimum absolute atomic E-state index is 0.0307. The molecule has 0 saturated heterocycles. The Bertz CT molecular complexity index is 1250. The second kappa shape index (κ2) is 8.83. The van der Waals surface area contributed by atoms with Crippen molar-refractivity contribution in [3.05, 3.63) is 87.1 Å². The highest BCUT2D eigenvalue weighted by atomic mass is 16.5. The molecule has 170 valence electrons. The van der Waals surface area contributed by atoms with Gasteiger partial charge >= 0.3 is 0 Å². The highest BCUT2D eigenvalue weighted by Crippen LogP contribution is 2.32. The smallest absolute Gasteiger partial charge is 0.258 e. The summed E-state index contributed by atoms with van der Waals surface area (Å²) in [5.41, 5.74) is 4.49. The molecule has 2 aliphatic heterocycles. The van der Waals surface area contributed by atoms with Gasteiger partial charge in [0.05, 0.1) is 23.5 Å². The lowest BCUT2D eigenvalue weighted by Gasteiger charge is -2.31. The van der Waals surface area contributed by atoms with Crippen molar-refractivity contribution < 1.29 is 9.53 Å². The van der Waals surface area contributed by atoms with Crippen molar-refractivity contribution in [2.75, 3.05) is 24.6 Å². The monoisotopic (exact) mass is 444 g/mol. The molecule has 0 spiro atoms. The molecule has 0 atom stereocenters. The molecule has 0 unspecified atom stereocenters. The van der Waals surface area contributed by atoms with Crippen LogP contribution in [-0.4, -0.2) is 40.1 Å². The van der Waals surface area contributed by atoms with Crippen LogP contribution < -0.4 is 15.2 Å². The van der Waals surface area contributed by atoms with Crippen LogP contribution in [0.1, 0.15) is 28.2 Å². The molecule has 7 heteroatoms. The van der Waals surface area contributed by atoms with Gasteiger partial charge in [0.15, 0.2) is 0 Å². The Morgan fingerprint density at radius 1 is 1.09 bits per heavy atom. The van der Waals surface area contributed by atoms with Gasteiger partial charge in [0.1, 0.15) is 24.7 Å². The topological polar surface area (TPSA) is 67.7 Å². The lowest BCUT2D eigenvalue weighted by Crippen LogP contribution is -2.44. The Hall–Kier alpha value is -3.45. The normalized spacial score (nSPS) is 15.5. The average molecular weight is 445 g/mol. The standard InChI is InChI=1S/C26H28N4O3/c1-18-8-9-24-23(14-18)29(12-13-33-24)25(31)17-30-19(2)27-22-10-11-28(16-21(22)26(30)32)15-20-6-4-3-5-7-20/h3-9,14H,10-13,15-17H2,1-2H3. The minimum atomic E-state index is -0.131. The van der Waals surface area contributed by atoms with Gasteiger partial charge in [0.2, 0.25) is 5.91 Å². The van der Waals surface area contributed by atoms with Gasteiger partial charge in [-0.25, -0.2) is 4.98 Å². The Labute approximate surface area is 193 Å². The lowest BCUT2D eigenvalue weighted by atomic mass is 10.1. The first-order valence-corrected chi connectivity index (χ1v) is 11.4. The molecule has 2 aliphatic rings. The Morgan fingerprint density at radius 2 is 1.91 bits per heavy atom. The Morgan fingerprint density at radius 3 is 2.73 bits per heavy atom. The van der Waals surface area contributed by atoms with Gasteiger partial charge < -0.3 is 9.64 Å². The molecule has 3 aromatic rings. The number of fused-ring (bicyclic) bond motifs is 2. The summed E-state index contributed by atoms with van der Waals surface area (Å²) in [5, 5.41) is 0. The fourth-order valence-electron chi connectivity index (χ4n) is 4.66. The molecule has 7 nitrogen and oxygen atoms in total. The first-order chi connectivity index (χ1) is 16.0. The average Bonchev–Trinajstić information content (AvgIpc) is 2.82. The van der Waals surface area contributed by atoms with Gasteiger partial charge in [0.25, 0.3) is 5.56 Å². The van der Waals surface area contributed by atoms with E-state index < -0.39 is 0 Å². The number of carbonyl (C=O) groups is 1. The molecule has 0 N–H and O–H groups in total. The van der Waals surface area contributed by atoms with Crippen molar-refractivity contribution >= 4 is 11.6 Å². The van der Waals surface area contributed by atoms with Crippen LogP contribution in [0.3, 0.4) is 0 Å². The number of nitrogens with zero attached hydrogens (tertiary/aromatic N) is 4. The quantitative estimate of drug-likeness (QED) is 0.619. The fraction of sp³-hybridized carbons (Fsp3) is 0.346. The molecule has 0 fully saturated rings. The SMILES string of the molecule is Cc1ccc2c(c1)N(C(=O)Cn1c(C)nc3c(c1=O)CN(Cc1ccccc1)CC3)CCO2. The lowest BCUT2D eigenvalue weighted by molar-refractivity contribution is -0.119. The second-order valence-electron chi connectivity index (χ2n) is 8.79. The number of anilines is 1. The van der Waals surface area contributed by atoms with Crippen LogP contribution in [-0.2, 0) is 30.8 Å². The van der Waals surface area contributed by atoms with E-state index in [9.17, 15) is 9.59 Å². The molecule has 1 aromatic heterocycles. The summed E-state index contributed by atoms with van der Waals surface area (Å²) in [6, 6.07) is 16.1. The number of ether oxygens (including phenoxy) is 1. The molecule has 3 heterocycles. The zero-order valence-corrected chi connectivity index (χ0v) is 19.1. The van der Waals surface area contributed by atoms with Crippen LogP contribution in [0.25, 0.3) is 0 Å². The third kappa shape index (κ3) is 4.28. The van der Waals surface area contributed by atoms with Crippen LogP contribution in [0.2, 0.25) is 0 Å². The predicted molar refractivity (Wildman–Crippen MR) is 127 cm³/mol. The van der Waals surface area contributed by atoms with Gasteiger partial charge in [-0.2, -0.15) is 0 Å². The summed E-state index contributed by atoms with van der Waals surface area (Å²) in [4.78, 5) is 35.4. The van der Waals surface area contributed by atoms with E-state index in [2.05, 4.69) is 17.0 Å². The van der Waals surface area contributed by atoms with Crippen molar-refractivity contribution in [1.29, 1.82) is 0 Å². The van der Waals surface area contributed by atoms with Gasteiger partial charge in [-0.05, 0) is 37.1 Å². The first kappa shape index (κ1) is 21.4. The van der Waals surface area contributed by atoms with Gasteiger partial charge in [-0.1, -0.05) is 36.4 Å². The van der Waals surface area contributed by atoms with Crippen LogP contribution in [0.5, 0.6) is 5.75 Å². The van der Waals surface area contributed by atoms with E-state index in [4.69, 9.17) is 9.72 Å².